The Morgan fingerprint density at radius 1 is 1.00 bits per heavy atom. The third kappa shape index (κ3) is 6.26. The van der Waals surface area contributed by atoms with E-state index in [-0.39, 0.29) is 22.6 Å². The van der Waals surface area contributed by atoms with Gasteiger partial charge in [-0.3, -0.25) is 0 Å². The van der Waals surface area contributed by atoms with Gasteiger partial charge in [0.2, 0.25) is 0 Å². The van der Waals surface area contributed by atoms with Gasteiger partial charge in [0, 0.05) is 0 Å². The topological polar surface area (TPSA) is 37.3 Å². The van der Waals surface area contributed by atoms with Crippen molar-refractivity contribution in [1.82, 2.24) is 0 Å². The number of benzene rings is 2. The molecule has 3 rings (SSSR count). The molecular weight excluding hydrogens is 392 g/mol. The predicted molar refractivity (Wildman–Crippen MR) is 102 cm³/mol. The molecule has 7 heteroatoms. The molecule has 0 amide bonds. The number of carbonyl (C=O) groups is 1. The van der Waals surface area contributed by atoms with Gasteiger partial charge in [-0.25, -0.2) is 13.6 Å². The van der Waals surface area contributed by atoms with E-state index in [1.54, 1.807) is 30.3 Å². The van der Waals surface area contributed by atoms with E-state index in [4.69, 9.17) is 5.11 Å². The van der Waals surface area contributed by atoms with E-state index < -0.39 is 23.4 Å². The van der Waals surface area contributed by atoms with Crippen LogP contribution in [0.2, 0.25) is 0 Å². The molecule has 0 spiro atoms. The Morgan fingerprint density at radius 2 is 1.61 bits per heavy atom. The van der Waals surface area contributed by atoms with Crippen LogP contribution >= 0.6 is 11.8 Å². The fourth-order valence-electron chi connectivity index (χ4n) is 3.20. The van der Waals surface area contributed by atoms with Crippen LogP contribution in [0.4, 0.5) is 17.6 Å². The molecule has 2 aromatic carbocycles. The van der Waals surface area contributed by atoms with E-state index >= 15 is 0 Å². The van der Waals surface area contributed by atoms with Gasteiger partial charge in [-0.05, 0) is 48.4 Å². The average Bonchev–Trinajstić information content (AvgIpc) is 2.67. The largest absolute Gasteiger partial charge is 0.478 e. The van der Waals surface area contributed by atoms with Crippen LogP contribution in [0.3, 0.4) is 0 Å². The molecular formula is C21H22F4O2S. The number of aromatic carboxylic acids is 1. The van der Waals surface area contributed by atoms with Gasteiger partial charge in [-0.15, -0.1) is 0 Å². The van der Waals surface area contributed by atoms with Gasteiger partial charge < -0.3 is 5.11 Å². The SMILES string of the molecule is CC1CCC(c2ccc(SC(F)F)c(F)c2F)CC1.O=C(O)c1ccccc1. The predicted octanol–water partition coefficient (Wildman–Crippen LogP) is 6.96. The Bertz CT molecular complexity index is 775. The zero-order chi connectivity index (χ0) is 20.7. The zero-order valence-electron chi connectivity index (χ0n) is 15.4. The van der Waals surface area contributed by atoms with E-state index in [0.29, 0.717) is 17.0 Å². The standard InChI is InChI=1S/C14H16F4S.C7H6O2/c1-8-2-4-9(5-3-8)10-6-7-11(19-14(17)18)13(16)12(10)15;8-7(9)6-4-2-1-3-5-6/h6-9,14H,2-5H2,1H3;1-5H,(H,8,9). The Morgan fingerprint density at radius 3 is 2.11 bits per heavy atom. The number of thioether (sulfide) groups is 1. The minimum atomic E-state index is -2.74. The lowest BCUT2D eigenvalue weighted by atomic mass is 9.79. The number of halogens is 4. The van der Waals surface area contributed by atoms with Crippen LogP contribution in [0.25, 0.3) is 0 Å². The summed E-state index contributed by atoms with van der Waals surface area (Å²) in [5.74, 6) is -5.08. The Hall–Kier alpha value is -2.02. The molecule has 0 bridgehead atoms. The number of carboxylic acids is 1. The summed E-state index contributed by atoms with van der Waals surface area (Å²) in [6.45, 7) is 2.15. The van der Waals surface area contributed by atoms with Crippen LogP contribution in [0.1, 0.15) is 54.4 Å². The number of hydrogen-bond acceptors (Lipinski definition) is 2. The third-order valence-electron chi connectivity index (χ3n) is 4.77. The number of rotatable bonds is 4. The Kier molecular flexibility index (Phi) is 8.35. The normalized spacial score (nSPS) is 19.1. The van der Waals surface area contributed by atoms with Gasteiger partial charge in [-0.1, -0.05) is 55.8 Å². The number of hydrogen-bond donors (Lipinski definition) is 1. The lowest BCUT2D eigenvalue weighted by molar-refractivity contribution is 0.0697. The fourth-order valence-corrected chi connectivity index (χ4v) is 3.73. The highest BCUT2D eigenvalue weighted by molar-refractivity contribution is 7.99. The van der Waals surface area contributed by atoms with Crippen molar-refractivity contribution in [3.8, 4) is 0 Å². The maximum Gasteiger partial charge on any atom is 0.335 e. The van der Waals surface area contributed by atoms with Crippen molar-refractivity contribution >= 4 is 17.7 Å². The second kappa shape index (κ2) is 10.5. The van der Waals surface area contributed by atoms with Gasteiger partial charge in [0.15, 0.2) is 11.6 Å². The molecule has 1 aliphatic rings. The fraction of sp³-hybridized carbons (Fsp3) is 0.381. The first-order valence-corrected chi connectivity index (χ1v) is 9.88. The van der Waals surface area contributed by atoms with Crippen molar-refractivity contribution in [2.75, 3.05) is 0 Å². The van der Waals surface area contributed by atoms with Crippen molar-refractivity contribution in [1.29, 1.82) is 0 Å². The summed E-state index contributed by atoms with van der Waals surface area (Å²) in [4.78, 5) is 9.88. The van der Waals surface area contributed by atoms with Crippen LogP contribution in [-0.4, -0.2) is 16.8 Å². The molecule has 152 valence electrons. The van der Waals surface area contributed by atoms with Crippen LogP contribution in [0.5, 0.6) is 0 Å². The van der Waals surface area contributed by atoms with Gasteiger partial charge in [0.05, 0.1) is 10.5 Å². The molecule has 1 fully saturated rings. The molecule has 0 atom stereocenters. The minimum absolute atomic E-state index is 0.0105. The Balaban J connectivity index is 0.000000261. The maximum absolute atomic E-state index is 14.0. The highest BCUT2D eigenvalue weighted by atomic mass is 32.2. The molecule has 1 saturated carbocycles. The van der Waals surface area contributed by atoms with Crippen molar-refractivity contribution in [3.63, 3.8) is 0 Å². The third-order valence-corrected chi connectivity index (χ3v) is 5.52. The van der Waals surface area contributed by atoms with Crippen LogP contribution < -0.4 is 0 Å². The summed E-state index contributed by atoms with van der Waals surface area (Å²) >= 11 is 0.0466. The first-order chi connectivity index (χ1) is 13.3. The molecule has 0 heterocycles. The van der Waals surface area contributed by atoms with Gasteiger partial charge in [0.25, 0.3) is 5.76 Å². The summed E-state index contributed by atoms with van der Waals surface area (Å²) < 4.78 is 52.1. The van der Waals surface area contributed by atoms with E-state index in [0.717, 1.165) is 25.7 Å². The van der Waals surface area contributed by atoms with Gasteiger partial charge >= 0.3 is 5.97 Å². The molecule has 28 heavy (non-hydrogen) atoms. The maximum atomic E-state index is 14.0. The number of alkyl halides is 2. The lowest BCUT2D eigenvalue weighted by Crippen LogP contribution is -2.13. The summed E-state index contributed by atoms with van der Waals surface area (Å²) in [5.41, 5.74) is 0.667. The highest BCUT2D eigenvalue weighted by Gasteiger charge is 2.25. The van der Waals surface area contributed by atoms with Gasteiger partial charge in [-0.2, -0.15) is 8.78 Å². The molecule has 0 aliphatic heterocycles. The molecule has 2 nitrogen and oxygen atoms in total. The first kappa shape index (κ1) is 22.3. The van der Waals surface area contributed by atoms with E-state index in [1.807, 2.05) is 0 Å². The summed E-state index contributed by atoms with van der Waals surface area (Å²) in [6, 6.07) is 11.0. The van der Waals surface area contributed by atoms with E-state index in [2.05, 4.69) is 6.92 Å². The quantitative estimate of drug-likeness (QED) is 0.434. The molecule has 0 unspecified atom stereocenters. The minimum Gasteiger partial charge on any atom is -0.478 e. The summed E-state index contributed by atoms with van der Waals surface area (Å²) in [6.07, 6.45) is 3.66. The number of carboxylic acid groups (broad SMARTS) is 1. The van der Waals surface area contributed by atoms with Crippen molar-refractivity contribution < 1.29 is 27.5 Å². The van der Waals surface area contributed by atoms with Gasteiger partial charge in [0.1, 0.15) is 0 Å². The highest BCUT2D eigenvalue weighted by Crippen LogP contribution is 2.39. The smallest absolute Gasteiger partial charge is 0.335 e. The summed E-state index contributed by atoms with van der Waals surface area (Å²) in [7, 11) is 0. The van der Waals surface area contributed by atoms with Crippen LogP contribution in [-0.2, 0) is 0 Å². The Labute approximate surface area is 166 Å². The van der Waals surface area contributed by atoms with Crippen molar-refractivity contribution in [2.24, 2.45) is 5.92 Å². The zero-order valence-corrected chi connectivity index (χ0v) is 16.2. The molecule has 1 N–H and O–H groups in total. The van der Waals surface area contributed by atoms with E-state index in [1.165, 1.54) is 12.1 Å². The molecule has 1 aliphatic carbocycles. The monoisotopic (exact) mass is 414 g/mol. The summed E-state index contributed by atoms with van der Waals surface area (Å²) in [5, 5.41) is 8.38. The van der Waals surface area contributed by atoms with Crippen LogP contribution in [0.15, 0.2) is 47.4 Å². The average molecular weight is 414 g/mol. The second-order valence-corrected chi connectivity index (χ2v) is 7.82. The van der Waals surface area contributed by atoms with E-state index in [9.17, 15) is 22.4 Å². The second-order valence-electron chi connectivity index (χ2n) is 6.79. The van der Waals surface area contributed by atoms with Crippen molar-refractivity contribution in [3.05, 3.63) is 65.2 Å². The molecule has 0 aromatic heterocycles. The lowest BCUT2D eigenvalue weighted by Gasteiger charge is -2.27. The molecule has 0 radical (unpaired) electrons. The first-order valence-electron chi connectivity index (χ1n) is 9.00. The van der Waals surface area contributed by atoms with Crippen LogP contribution in [0, 0.1) is 17.6 Å². The molecule has 0 saturated heterocycles. The van der Waals surface area contributed by atoms with Crippen molar-refractivity contribution in [2.45, 2.75) is 49.2 Å². The molecule has 2 aromatic rings.